The first kappa shape index (κ1) is 29.4. The number of pyridine rings is 1. The summed E-state index contributed by atoms with van der Waals surface area (Å²) in [4.78, 5) is 36.9. The predicted octanol–water partition coefficient (Wildman–Crippen LogP) is 3.27. The maximum atomic E-state index is 14.6. The number of nitrogens with one attached hydrogen (secondary N) is 2. The van der Waals surface area contributed by atoms with Crippen LogP contribution in [0.5, 0.6) is 0 Å². The van der Waals surface area contributed by atoms with E-state index < -0.39 is 18.0 Å². The number of rotatable bonds is 5. The first-order valence-corrected chi connectivity index (χ1v) is 13.0. The number of hydrogen-bond donors (Lipinski definition) is 3. The molecule has 1 fully saturated rings. The quantitative estimate of drug-likeness (QED) is 0.260. The number of nitrogens with zero attached hydrogens (tertiary/aromatic N) is 7. The van der Waals surface area contributed by atoms with Gasteiger partial charge in [-0.15, -0.1) is 0 Å². The molecule has 1 aliphatic rings. The Kier molecular flexibility index (Phi) is 8.20. The summed E-state index contributed by atoms with van der Waals surface area (Å²) < 4.78 is 49.7. The Balaban J connectivity index is 0.000000472. The summed E-state index contributed by atoms with van der Waals surface area (Å²) in [6.45, 7) is 5.77. The monoisotopic (exact) mass is 599 g/mol. The van der Waals surface area contributed by atoms with Crippen molar-refractivity contribution in [1.82, 2.24) is 34.4 Å². The van der Waals surface area contributed by atoms with E-state index in [4.69, 9.17) is 15.0 Å². The summed E-state index contributed by atoms with van der Waals surface area (Å²) in [6, 6.07) is 5.03. The van der Waals surface area contributed by atoms with Gasteiger partial charge in [0.2, 0.25) is 0 Å². The number of alkyl halides is 3. The molecule has 16 heteroatoms. The molecular weight excluding hydrogens is 574 g/mol. The van der Waals surface area contributed by atoms with Gasteiger partial charge in [-0.3, -0.25) is 9.48 Å². The number of carboxylic acids is 1. The van der Waals surface area contributed by atoms with Crippen LogP contribution < -0.4 is 15.5 Å². The van der Waals surface area contributed by atoms with E-state index in [1.807, 2.05) is 12.3 Å². The molecule has 4 aromatic heterocycles. The Morgan fingerprint density at radius 1 is 1.09 bits per heavy atom. The number of fused-ring (bicyclic) bond motifs is 2. The van der Waals surface area contributed by atoms with Gasteiger partial charge < -0.3 is 25.0 Å². The van der Waals surface area contributed by atoms with E-state index in [-0.39, 0.29) is 11.6 Å². The fraction of sp³-hybridized carbons (Fsp3) is 0.259. The molecule has 0 unspecified atom stereocenters. The van der Waals surface area contributed by atoms with Crippen molar-refractivity contribution < 1.29 is 32.3 Å². The first-order chi connectivity index (χ1) is 20.5. The molecular formula is C27H25F4N9O3. The summed E-state index contributed by atoms with van der Waals surface area (Å²) in [5.41, 5.74) is 4.17. The maximum Gasteiger partial charge on any atom is 0.490 e. The highest BCUT2D eigenvalue weighted by molar-refractivity contribution is 6.13. The third-order valence-corrected chi connectivity index (χ3v) is 6.49. The molecule has 1 aromatic carbocycles. The van der Waals surface area contributed by atoms with E-state index >= 15 is 0 Å². The number of imidazole rings is 1. The summed E-state index contributed by atoms with van der Waals surface area (Å²) in [5.74, 6) is -3.63. The predicted molar refractivity (Wildman–Crippen MR) is 147 cm³/mol. The number of aryl methyl sites for hydroxylation is 1. The van der Waals surface area contributed by atoms with Crippen molar-refractivity contribution in [2.75, 3.05) is 36.4 Å². The molecule has 3 N–H and O–H groups in total. The minimum absolute atomic E-state index is 0.219. The van der Waals surface area contributed by atoms with Crippen LogP contribution in [-0.4, -0.2) is 78.5 Å². The van der Waals surface area contributed by atoms with Gasteiger partial charge in [0.1, 0.15) is 11.8 Å². The first-order valence-electron chi connectivity index (χ1n) is 13.0. The third-order valence-electron chi connectivity index (χ3n) is 6.49. The summed E-state index contributed by atoms with van der Waals surface area (Å²) in [5, 5.41) is 19.0. The molecule has 12 nitrogen and oxygen atoms in total. The van der Waals surface area contributed by atoms with Crippen LogP contribution in [0.4, 0.5) is 28.9 Å². The molecule has 224 valence electrons. The molecule has 1 aliphatic heterocycles. The Morgan fingerprint density at radius 3 is 2.47 bits per heavy atom. The highest BCUT2D eigenvalue weighted by Gasteiger charge is 2.38. The highest BCUT2D eigenvalue weighted by atomic mass is 19.4. The number of carbonyl (C=O) groups excluding carboxylic acids is 1. The third kappa shape index (κ3) is 6.69. The average Bonchev–Trinajstić information content (AvgIpc) is 3.56. The molecule has 0 spiro atoms. The van der Waals surface area contributed by atoms with E-state index in [0.717, 1.165) is 42.8 Å². The van der Waals surface area contributed by atoms with Crippen molar-refractivity contribution in [1.29, 1.82) is 0 Å². The molecule has 43 heavy (non-hydrogen) atoms. The van der Waals surface area contributed by atoms with Crippen LogP contribution in [0.1, 0.15) is 21.6 Å². The van der Waals surface area contributed by atoms with E-state index in [1.54, 1.807) is 46.9 Å². The van der Waals surface area contributed by atoms with Crippen molar-refractivity contribution in [3.05, 3.63) is 78.1 Å². The van der Waals surface area contributed by atoms with Gasteiger partial charge in [0.05, 0.1) is 23.5 Å². The van der Waals surface area contributed by atoms with Gasteiger partial charge >= 0.3 is 12.1 Å². The average molecular weight is 600 g/mol. The van der Waals surface area contributed by atoms with E-state index in [2.05, 4.69) is 30.5 Å². The zero-order valence-corrected chi connectivity index (χ0v) is 22.6. The van der Waals surface area contributed by atoms with Crippen molar-refractivity contribution in [3.63, 3.8) is 0 Å². The molecule has 0 aliphatic carbocycles. The van der Waals surface area contributed by atoms with Crippen LogP contribution in [0.2, 0.25) is 0 Å². The van der Waals surface area contributed by atoms with Crippen LogP contribution in [0.25, 0.3) is 16.6 Å². The number of aromatic nitrogens is 6. The molecule has 1 saturated heterocycles. The molecule has 1 amide bonds. The van der Waals surface area contributed by atoms with Gasteiger partial charge in [-0.05, 0) is 19.1 Å². The maximum absolute atomic E-state index is 14.6. The van der Waals surface area contributed by atoms with Crippen LogP contribution in [0, 0.1) is 12.7 Å². The second-order valence-corrected chi connectivity index (χ2v) is 9.65. The number of carboxylic acid groups (broad SMARTS) is 1. The second-order valence-electron chi connectivity index (χ2n) is 9.65. The summed E-state index contributed by atoms with van der Waals surface area (Å²) in [6.07, 6.45) is 5.20. The lowest BCUT2D eigenvalue weighted by Gasteiger charge is -2.30. The molecule has 0 atom stereocenters. The number of hydrogen-bond acceptors (Lipinski definition) is 8. The van der Waals surface area contributed by atoms with Crippen molar-refractivity contribution >= 4 is 39.8 Å². The Bertz CT molecular complexity index is 1780. The van der Waals surface area contributed by atoms with Crippen molar-refractivity contribution in [2.45, 2.75) is 19.6 Å². The summed E-state index contributed by atoms with van der Waals surface area (Å²) >= 11 is 0. The van der Waals surface area contributed by atoms with Gasteiger partial charge in [-0.25, -0.2) is 24.1 Å². The van der Waals surface area contributed by atoms with Crippen LogP contribution >= 0.6 is 0 Å². The number of aliphatic carboxylic acids is 1. The smallest absolute Gasteiger partial charge is 0.475 e. The largest absolute Gasteiger partial charge is 0.490 e. The summed E-state index contributed by atoms with van der Waals surface area (Å²) in [7, 11) is 0. The number of halogens is 4. The Labute approximate surface area is 241 Å². The normalized spacial score (nSPS) is 13.6. The SMILES string of the molecule is Cc1cn2cc(NC(=O)c3ccc(N4CCNCC4)c4cn(Cc5cncnc5)nc34)cc(F)c2n1.O=C(O)C(F)(F)F. The van der Waals surface area contributed by atoms with Gasteiger partial charge in [0.25, 0.3) is 5.91 Å². The highest BCUT2D eigenvalue weighted by Crippen LogP contribution is 2.30. The lowest BCUT2D eigenvalue weighted by molar-refractivity contribution is -0.192. The van der Waals surface area contributed by atoms with Gasteiger partial charge in [-0.1, -0.05) is 0 Å². The van der Waals surface area contributed by atoms with Gasteiger partial charge in [0, 0.05) is 79.9 Å². The van der Waals surface area contributed by atoms with Crippen molar-refractivity contribution in [3.8, 4) is 0 Å². The number of amides is 1. The fourth-order valence-corrected chi connectivity index (χ4v) is 4.63. The van der Waals surface area contributed by atoms with Crippen LogP contribution in [-0.2, 0) is 11.3 Å². The minimum atomic E-state index is -5.08. The van der Waals surface area contributed by atoms with E-state index in [1.165, 1.54) is 12.4 Å². The van der Waals surface area contributed by atoms with Crippen LogP contribution in [0.15, 0.2) is 55.5 Å². The minimum Gasteiger partial charge on any atom is -0.475 e. The topological polar surface area (TPSA) is 143 Å². The molecule has 6 rings (SSSR count). The molecule has 0 saturated carbocycles. The van der Waals surface area contributed by atoms with E-state index in [0.29, 0.717) is 29.0 Å². The number of anilines is 2. The molecule has 5 aromatic rings. The zero-order valence-electron chi connectivity index (χ0n) is 22.6. The van der Waals surface area contributed by atoms with Crippen molar-refractivity contribution in [2.24, 2.45) is 0 Å². The molecule has 5 heterocycles. The Hall–Kier alpha value is -5.12. The lowest BCUT2D eigenvalue weighted by atomic mass is 10.1. The molecule has 0 radical (unpaired) electrons. The number of benzene rings is 1. The lowest BCUT2D eigenvalue weighted by Crippen LogP contribution is -2.43. The second kappa shape index (κ2) is 12.0. The zero-order chi connectivity index (χ0) is 30.7. The van der Waals surface area contributed by atoms with Crippen LogP contribution in [0.3, 0.4) is 0 Å². The standard InChI is InChI=1S/C25H24FN9O.C2HF3O2/c1-16-11-34-13-18(8-21(26)24(34)30-16)31-25(36)19-2-3-22(33-6-4-27-5-7-33)20-14-35(32-23(19)20)12-17-9-28-15-29-10-17;3-2(4,5)1(6)7/h2-3,8-11,13-15,27H,4-7,12H2,1H3,(H,31,36);(H,6,7). The number of piperazine rings is 1. The fourth-order valence-electron chi connectivity index (χ4n) is 4.63. The van der Waals surface area contributed by atoms with Gasteiger partial charge in [0.15, 0.2) is 11.5 Å². The molecule has 0 bridgehead atoms. The Morgan fingerprint density at radius 2 is 1.79 bits per heavy atom. The van der Waals surface area contributed by atoms with E-state index in [9.17, 15) is 22.4 Å². The number of carbonyl (C=O) groups is 2. The van der Waals surface area contributed by atoms with Gasteiger partial charge in [-0.2, -0.15) is 18.3 Å².